The lowest BCUT2D eigenvalue weighted by Crippen LogP contribution is -2.28. The normalized spacial score (nSPS) is 12.6. The number of carboxylic acid groups (broad SMARTS) is 1. The minimum atomic E-state index is -1.02. The van der Waals surface area contributed by atoms with Gasteiger partial charge < -0.3 is 15.2 Å². The number of hydrogen-bond donors (Lipinski definition) is 2. The zero-order valence-corrected chi connectivity index (χ0v) is 35.1. The van der Waals surface area contributed by atoms with E-state index in [0.29, 0.717) is 12.8 Å². The van der Waals surface area contributed by atoms with Crippen LogP contribution < -0.4 is 5.32 Å². The number of allylic oxidation sites excluding steroid dienone is 10. The quantitative estimate of drug-likeness (QED) is 0.0369. The van der Waals surface area contributed by atoms with Crippen LogP contribution in [0.4, 0.5) is 0 Å². The number of carbonyl (C=O) groups excluding carboxylic acids is 2. The zero-order chi connectivity index (χ0) is 39.4. The third-order valence-electron chi connectivity index (χ3n) is 9.67. The Morgan fingerprint density at radius 1 is 0.500 bits per heavy atom. The van der Waals surface area contributed by atoms with Gasteiger partial charge in [0.2, 0.25) is 5.91 Å². The molecule has 6 nitrogen and oxygen atoms in total. The summed E-state index contributed by atoms with van der Waals surface area (Å²) in [6.07, 6.45) is 56.3. The molecule has 0 aromatic heterocycles. The molecule has 1 atom stereocenters. The van der Waals surface area contributed by atoms with Gasteiger partial charge in [0.25, 0.3) is 0 Å². The Morgan fingerprint density at radius 3 is 1.44 bits per heavy atom. The van der Waals surface area contributed by atoms with Gasteiger partial charge in [0, 0.05) is 12.8 Å². The third-order valence-corrected chi connectivity index (χ3v) is 9.67. The lowest BCUT2D eigenvalue weighted by atomic mass is 10.0. The Hall–Kier alpha value is -2.89. The molecule has 0 aliphatic rings. The van der Waals surface area contributed by atoms with E-state index in [1.54, 1.807) is 0 Å². The van der Waals surface area contributed by atoms with Crippen molar-refractivity contribution in [2.75, 3.05) is 6.54 Å². The molecule has 0 spiro atoms. The summed E-state index contributed by atoms with van der Waals surface area (Å²) in [7, 11) is 0. The number of nitrogens with one attached hydrogen (secondary N) is 1. The van der Waals surface area contributed by atoms with Crippen molar-refractivity contribution in [2.45, 2.75) is 219 Å². The fourth-order valence-corrected chi connectivity index (χ4v) is 6.38. The number of unbranched alkanes of at least 4 members (excludes halogenated alkanes) is 19. The van der Waals surface area contributed by atoms with Gasteiger partial charge in [-0.05, 0) is 103 Å². The van der Waals surface area contributed by atoms with E-state index in [2.05, 4.69) is 79.9 Å². The largest absolute Gasteiger partial charge is 0.480 e. The van der Waals surface area contributed by atoms with Crippen molar-refractivity contribution in [3.05, 3.63) is 60.8 Å². The lowest BCUT2D eigenvalue weighted by Gasteiger charge is -2.18. The van der Waals surface area contributed by atoms with Gasteiger partial charge in [0.1, 0.15) is 12.6 Å². The second kappa shape index (κ2) is 42.8. The van der Waals surface area contributed by atoms with E-state index < -0.39 is 5.97 Å². The maximum absolute atomic E-state index is 12.8. The smallest absolute Gasteiger partial charge is 0.322 e. The molecule has 0 rings (SSSR count). The topological polar surface area (TPSA) is 92.7 Å². The molecule has 2 N–H and O–H groups in total. The predicted molar refractivity (Wildman–Crippen MR) is 231 cm³/mol. The van der Waals surface area contributed by atoms with Crippen molar-refractivity contribution in [1.29, 1.82) is 0 Å². The summed E-state index contributed by atoms with van der Waals surface area (Å²) in [5.74, 6) is -1.27. The first-order chi connectivity index (χ1) is 26.5. The van der Waals surface area contributed by atoms with Crippen molar-refractivity contribution in [1.82, 2.24) is 5.32 Å². The van der Waals surface area contributed by atoms with Crippen LogP contribution in [0, 0.1) is 0 Å². The molecule has 0 saturated carbocycles. The molecule has 0 fully saturated rings. The first-order valence-corrected chi connectivity index (χ1v) is 22.4. The Kier molecular flexibility index (Phi) is 40.6. The van der Waals surface area contributed by atoms with E-state index in [4.69, 9.17) is 9.84 Å². The van der Waals surface area contributed by atoms with E-state index in [-0.39, 0.29) is 24.5 Å². The molecule has 1 amide bonds. The Morgan fingerprint density at radius 2 is 0.907 bits per heavy atom. The molecule has 0 aliphatic carbocycles. The van der Waals surface area contributed by atoms with Crippen molar-refractivity contribution in [3.63, 3.8) is 0 Å². The Balaban J connectivity index is 4.26. The Bertz CT molecular complexity index is 1010. The second-order valence-corrected chi connectivity index (χ2v) is 14.9. The highest BCUT2D eigenvalue weighted by Gasteiger charge is 2.14. The van der Waals surface area contributed by atoms with E-state index in [1.165, 1.54) is 83.5 Å². The Labute approximate surface area is 332 Å². The van der Waals surface area contributed by atoms with Crippen LogP contribution in [0.25, 0.3) is 0 Å². The predicted octanol–water partition coefficient (Wildman–Crippen LogP) is 14.0. The summed E-state index contributed by atoms with van der Waals surface area (Å²) < 4.78 is 6.02. The van der Waals surface area contributed by atoms with Crippen molar-refractivity contribution in [2.24, 2.45) is 0 Å². The van der Waals surface area contributed by atoms with E-state index in [0.717, 1.165) is 103 Å². The van der Waals surface area contributed by atoms with Gasteiger partial charge in [0.05, 0.1) is 0 Å². The number of amides is 1. The van der Waals surface area contributed by atoms with Crippen molar-refractivity contribution in [3.8, 4) is 0 Å². The maximum Gasteiger partial charge on any atom is 0.322 e. The fourth-order valence-electron chi connectivity index (χ4n) is 6.38. The standard InChI is InChI=1S/C48H83NO5/c1-3-5-7-9-11-13-15-17-19-20-22-24-26-28-30-35-39-43-48(53)54-45(41-37-33-31-34-38-42-46(50)49-44-47(51)52)40-36-32-29-27-25-23-21-18-16-14-12-10-8-6-4-2/h6,8,12,14,17-19,21,25,27,45H,3-5,7,9-11,13,15-16,20,22-24,26,28-44H2,1-2H3,(H,49,50)(H,51,52)/b8-6-,14-12-,19-17-,21-18-,27-25-. The van der Waals surface area contributed by atoms with Crippen LogP contribution in [0.5, 0.6) is 0 Å². The van der Waals surface area contributed by atoms with Crippen LogP contribution in [-0.2, 0) is 19.1 Å². The van der Waals surface area contributed by atoms with Gasteiger partial charge in [-0.15, -0.1) is 0 Å². The molecule has 0 saturated heterocycles. The number of carbonyl (C=O) groups is 3. The SMILES string of the molecule is CC/C=C\C/C=C\C/C=C\C/C=C\CCCCC(CCCCCCCC(=O)NCC(=O)O)OC(=O)CCCCCCCCC/C=C\CCCCCCCC. The lowest BCUT2D eigenvalue weighted by molar-refractivity contribution is -0.150. The average Bonchev–Trinajstić information content (AvgIpc) is 3.16. The number of rotatable bonds is 40. The molecule has 54 heavy (non-hydrogen) atoms. The number of aliphatic carboxylic acids is 1. The highest BCUT2D eigenvalue weighted by molar-refractivity contribution is 5.80. The molecular weight excluding hydrogens is 671 g/mol. The van der Waals surface area contributed by atoms with Crippen molar-refractivity contribution >= 4 is 17.8 Å². The molecule has 1 unspecified atom stereocenters. The minimum Gasteiger partial charge on any atom is -0.480 e. The van der Waals surface area contributed by atoms with Crippen LogP contribution in [0.1, 0.15) is 213 Å². The summed E-state index contributed by atoms with van der Waals surface area (Å²) in [4.78, 5) is 35.1. The summed E-state index contributed by atoms with van der Waals surface area (Å²) >= 11 is 0. The van der Waals surface area contributed by atoms with E-state index in [9.17, 15) is 14.4 Å². The van der Waals surface area contributed by atoms with Crippen LogP contribution >= 0.6 is 0 Å². The maximum atomic E-state index is 12.8. The molecule has 0 bridgehead atoms. The zero-order valence-electron chi connectivity index (χ0n) is 35.1. The minimum absolute atomic E-state index is 0.0171. The molecule has 6 heteroatoms. The summed E-state index contributed by atoms with van der Waals surface area (Å²) in [5.41, 5.74) is 0. The van der Waals surface area contributed by atoms with Gasteiger partial charge in [-0.3, -0.25) is 14.4 Å². The van der Waals surface area contributed by atoms with Crippen LogP contribution in [0.15, 0.2) is 60.8 Å². The molecule has 0 aromatic rings. The third kappa shape index (κ3) is 41.9. The van der Waals surface area contributed by atoms with Crippen LogP contribution in [0.2, 0.25) is 0 Å². The summed E-state index contributed by atoms with van der Waals surface area (Å²) in [6, 6.07) is 0. The summed E-state index contributed by atoms with van der Waals surface area (Å²) in [6.45, 7) is 4.11. The second-order valence-electron chi connectivity index (χ2n) is 14.9. The van der Waals surface area contributed by atoms with Gasteiger partial charge in [-0.25, -0.2) is 0 Å². The van der Waals surface area contributed by atoms with E-state index >= 15 is 0 Å². The number of hydrogen-bond acceptors (Lipinski definition) is 4. The molecular formula is C48H83NO5. The summed E-state index contributed by atoms with van der Waals surface area (Å²) in [5, 5.41) is 11.1. The molecule has 0 aliphatic heterocycles. The molecule has 0 aromatic carbocycles. The number of carboxylic acids is 1. The first kappa shape index (κ1) is 51.1. The van der Waals surface area contributed by atoms with Gasteiger partial charge >= 0.3 is 11.9 Å². The number of esters is 1. The van der Waals surface area contributed by atoms with Crippen LogP contribution in [0.3, 0.4) is 0 Å². The van der Waals surface area contributed by atoms with Gasteiger partial charge in [0.15, 0.2) is 0 Å². The first-order valence-electron chi connectivity index (χ1n) is 22.4. The monoisotopic (exact) mass is 754 g/mol. The highest BCUT2D eigenvalue weighted by atomic mass is 16.5. The fraction of sp³-hybridized carbons (Fsp3) is 0.729. The average molecular weight is 754 g/mol. The van der Waals surface area contributed by atoms with Crippen molar-refractivity contribution < 1.29 is 24.2 Å². The van der Waals surface area contributed by atoms with Crippen LogP contribution in [-0.4, -0.2) is 35.6 Å². The number of ether oxygens (including phenoxy) is 1. The van der Waals surface area contributed by atoms with Gasteiger partial charge in [-0.2, -0.15) is 0 Å². The highest BCUT2D eigenvalue weighted by Crippen LogP contribution is 2.18. The molecule has 310 valence electrons. The molecule has 0 heterocycles. The van der Waals surface area contributed by atoms with E-state index in [1.807, 2.05) is 0 Å². The van der Waals surface area contributed by atoms with Gasteiger partial charge in [-0.1, -0.05) is 158 Å². The molecule has 0 radical (unpaired) electrons.